The predicted octanol–water partition coefficient (Wildman–Crippen LogP) is 1.74. The molecule has 0 aliphatic carbocycles. The van der Waals surface area contributed by atoms with Gasteiger partial charge in [-0.05, 0) is 24.8 Å². The Morgan fingerprint density at radius 1 is 1.71 bits per heavy atom. The second-order valence-corrected chi connectivity index (χ2v) is 5.59. The van der Waals surface area contributed by atoms with E-state index in [-0.39, 0.29) is 12.4 Å². The van der Waals surface area contributed by atoms with Crippen LogP contribution in [-0.2, 0) is 0 Å². The number of hydrogen-bond donors (Lipinski definition) is 2. The van der Waals surface area contributed by atoms with Crippen molar-refractivity contribution in [3.05, 3.63) is 10.9 Å². The van der Waals surface area contributed by atoms with Crippen LogP contribution in [0.25, 0.3) is 0 Å². The van der Waals surface area contributed by atoms with Crippen LogP contribution in [0.1, 0.15) is 29.4 Å². The van der Waals surface area contributed by atoms with E-state index in [0.29, 0.717) is 16.5 Å². The fraction of sp³-hybridized carbons (Fsp3) is 0.583. The summed E-state index contributed by atoms with van der Waals surface area (Å²) in [4.78, 5) is 14.2. The molecule has 1 unspecified atom stereocenters. The summed E-state index contributed by atoms with van der Waals surface area (Å²) in [6.07, 6.45) is 2.16. The van der Waals surface area contributed by atoms with Crippen molar-refractivity contribution in [3.8, 4) is 0 Å². The second-order valence-electron chi connectivity index (χ2n) is 4.56. The molecule has 1 aromatic heterocycles. The largest absolute Gasteiger partial charge is 0.397 e. The molecule has 0 saturated carbocycles. The lowest BCUT2D eigenvalue weighted by Crippen LogP contribution is -2.36. The first-order valence-electron chi connectivity index (χ1n) is 5.88. The quantitative estimate of drug-likeness (QED) is 0.806. The second kappa shape index (κ2) is 5.06. The van der Waals surface area contributed by atoms with Gasteiger partial charge in [0.15, 0.2) is 5.78 Å². The van der Waals surface area contributed by atoms with E-state index in [9.17, 15) is 9.90 Å². The zero-order valence-corrected chi connectivity index (χ0v) is 10.8. The van der Waals surface area contributed by atoms with E-state index in [2.05, 4.69) is 4.90 Å². The maximum Gasteiger partial charge on any atom is 0.171 e. The number of thiophene rings is 1. The zero-order valence-electron chi connectivity index (χ0n) is 9.98. The van der Waals surface area contributed by atoms with Crippen LogP contribution in [-0.4, -0.2) is 30.6 Å². The molecule has 0 radical (unpaired) electrons. The number of aliphatic hydroxyl groups excluding tert-OH is 1. The Bertz CT molecular complexity index is 417. The Balaban J connectivity index is 2.16. The lowest BCUT2D eigenvalue weighted by Gasteiger charge is -2.32. The normalized spacial score (nSPS) is 20.6. The SMILES string of the molecule is CC(=O)c1sc(N2CCCC(CO)C2)cc1N. The van der Waals surface area contributed by atoms with E-state index in [1.165, 1.54) is 11.3 Å². The van der Waals surface area contributed by atoms with Gasteiger partial charge in [-0.2, -0.15) is 0 Å². The third-order valence-corrected chi connectivity index (χ3v) is 4.47. The highest BCUT2D eigenvalue weighted by molar-refractivity contribution is 7.18. The molecule has 4 nitrogen and oxygen atoms in total. The van der Waals surface area contributed by atoms with Crippen LogP contribution in [0.2, 0.25) is 0 Å². The number of nitrogens with zero attached hydrogens (tertiary/aromatic N) is 1. The Morgan fingerprint density at radius 2 is 2.47 bits per heavy atom. The highest BCUT2D eigenvalue weighted by Gasteiger charge is 2.22. The van der Waals surface area contributed by atoms with Crippen LogP contribution in [0.15, 0.2) is 6.07 Å². The number of carbonyl (C=O) groups excluding carboxylic acids is 1. The first-order chi connectivity index (χ1) is 8.11. The maximum absolute atomic E-state index is 11.4. The van der Waals surface area contributed by atoms with Crippen molar-refractivity contribution in [1.82, 2.24) is 0 Å². The Morgan fingerprint density at radius 3 is 3.06 bits per heavy atom. The van der Waals surface area contributed by atoms with Gasteiger partial charge >= 0.3 is 0 Å². The topological polar surface area (TPSA) is 66.6 Å². The average Bonchev–Trinajstić information content (AvgIpc) is 2.71. The summed E-state index contributed by atoms with van der Waals surface area (Å²) in [5, 5.41) is 10.2. The number of nitrogens with two attached hydrogens (primary N) is 1. The van der Waals surface area contributed by atoms with Crippen molar-refractivity contribution < 1.29 is 9.90 Å². The van der Waals surface area contributed by atoms with Gasteiger partial charge in [-0.3, -0.25) is 4.79 Å². The minimum atomic E-state index is 0.0227. The summed E-state index contributed by atoms with van der Waals surface area (Å²) in [6.45, 7) is 3.61. The van der Waals surface area contributed by atoms with Gasteiger partial charge in [0.25, 0.3) is 0 Å². The average molecular weight is 254 g/mol. The molecule has 5 heteroatoms. The van der Waals surface area contributed by atoms with E-state index in [0.717, 1.165) is 30.9 Å². The number of aliphatic hydroxyl groups is 1. The van der Waals surface area contributed by atoms with Crippen LogP contribution in [0.3, 0.4) is 0 Å². The van der Waals surface area contributed by atoms with Gasteiger partial charge in [0.2, 0.25) is 0 Å². The molecule has 0 aromatic carbocycles. The molecule has 0 spiro atoms. The summed E-state index contributed by atoms with van der Waals surface area (Å²) in [6, 6.07) is 1.88. The maximum atomic E-state index is 11.4. The molecule has 1 saturated heterocycles. The monoisotopic (exact) mass is 254 g/mol. The van der Waals surface area contributed by atoms with Gasteiger partial charge < -0.3 is 15.7 Å². The minimum absolute atomic E-state index is 0.0227. The van der Waals surface area contributed by atoms with E-state index in [1.54, 1.807) is 6.92 Å². The smallest absolute Gasteiger partial charge is 0.171 e. The molecule has 17 heavy (non-hydrogen) atoms. The molecule has 1 aliphatic heterocycles. The van der Waals surface area contributed by atoms with Gasteiger partial charge in [-0.25, -0.2) is 0 Å². The lowest BCUT2D eigenvalue weighted by molar-refractivity contribution is 0.102. The third-order valence-electron chi connectivity index (χ3n) is 3.16. The molecular formula is C12H18N2O2S. The summed E-state index contributed by atoms with van der Waals surface area (Å²) < 4.78 is 0. The summed E-state index contributed by atoms with van der Waals surface area (Å²) in [5.41, 5.74) is 6.40. The van der Waals surface area contributed by atoms with Gasteiger partial charge in [0.05, 0.1) is 15.6 Å². The van der Waals surface area contributed by atoms with E-state index in [4.69, 9.17) is 5.73 Å². The summed E-state index contributed by atoms with van der Waals surface area (Å²) in [5.74, 6) is 0.363. The number of rotatable bonds is 3. The van der Waals surface area contributed by atoms with Crippen molar-refractivity contribution in [3.63, 3.8) is 0 Å². The molecule has 1 fully saturated rings. The molecule has 1 aliphatic rings. The number of piperidine rings is 1. The fourth-order valence-electron chi connectivity index (χ4n) is 2.24. The molecule has 2 heterocycles. The molecule has 0 amide bonds. The Kier molecular flexibility index (Phi) is 3.69. The van der Waals surface area contributed by atoms with Gasteiger partial charge in [0.1, 0.15) is 0 Å². The number of hydrogen-bond acceptors (Lipinski definition) is 5. The third kappa shape index (κ3) is 2.61. The highest BCUT2D eigenvalue weighted by Crippen LogP contribution is 2.34. The van der Waals surface area contributed by atoms with Crippen LogP contribution in [0, 0.1) is 5.92 Å². The first kappa shape index (κ1) is 12.4. The summed E-state index contributed by atoms with van der Waals surface area (Å²) in [7, 11) is 0. The van der Waals surface area contributed by atoms with E-state index >= 15 is 0 Å². The molecule has 1 atom stereocenters. The Hall–Kier alpha value is -1.07. The van der Waals surface area contributed by atoms with E-state index in [1.807, 2.05) is 6.07 Å². The van der Waals surface area contributed by atoms with Crippen molar-refractivity contribution >= 4 is 27.8 Å². The van der Waals surface area contributed by atoms with Gasteiger partial charge in [-0.15, -0.1) is 11.3 Å². The molecule has 0 bridgehead atoms. The molecule has 94 valence electrons. The molecule has 3 N–H and O–H groups in total. The number of nitrogen functional groups attached to an aromatic ring is 1. The lowest BCUT2D eigenvalue weighted by atomic mass is 9.99. The Labute approximate surface area is 105 Å². The van der Waals surface area contributed by atoms with Crippen molar-refractivity contribution in [2.24, 2.45) is 5.92 Å². The van der Waals surface area contributed by atoms with Crippen LogP contribution in [0.4, 0.5) is 10.7 Å². The van der Waals surface area contributed by atoms with Crippen molar-refractivity contribution in [2.75, 3.05) is 30.3 Å². The number of carbonyl (C=O) groups is 1. The number of Topliss-reactive ketones (excluding diaryl/α,β-unsaturated/α-hetero) is 1. The first-order valence-corrected chi connectivity index (χ1v) is 6.69. The molecule has 1 aromatic rings. The molecule has 2 rings (SSSR count). The van der Waals surface area contributed by atoms with E-state index < -0.39 is 0 Å². The predicted molar refractivity (Wildman–Crippen MR) is 70.8 cm³/mol. The van der Waals surface area contributed by atoms with Crippen molar-refractivity contribution in [2.45, 2.75) is 19.8 Å². The van der Waals surface area contributed by atoms with Gasteiger partial charge in [-0.1, -0.05) is 0 Å². The number of anilines is 2. The zero-order chi connectivity index (χ0) is 12.4. The van der Waals surface area contributed by atoms with Crippen molar-refractivity contribution in [1.29, 1.82) is 0 Å². The highest BCUT2D eigenvalue weighted by atomic mass is 32.1. The van der Waals surface area contributed by atoms with Gasteiger partial charge in [0, 0.05) is 26.6 Å². The van der Waals surface area contributed by atoms with Crippen LogP contribution < -0.4 is 10.6 Å². The fourth-order valence-corrected chi connectivity index (χ4v) is 3.25. The minimum Gasteiger partial charge on any atom is -0.397 e. The number of ketones is 1. The summed E-state index contributed by atoms with van der Waals surface area (Å²) >= 11 is 1.46. The molecular weight excluding hydrogens is 236 g/mol. The van der Waals surface area contributed by atoms with Crippen LogP contribution in [0.5, 0.6) is 0 Å². The van der Waals surface area contributed by atoms with Crippen LogP contribution >= 0.6 is 11.3 Å². The standard InChI is InChI=1S/C12H18N2O2S/c1-8(16)12-10(13)5-11(17-12)14-4-2-3-9(6-14)7-15/h5,9,15H,2-4,6-7,13H2,1H3.